The third-order valence-electron chi connectivity index (χ3n) is 3.45. The molecule has 2 rings (SSSR count). The first-order valence-electron chi connectivity index (χ1n) is 6.10. The SMILES string of the molecule is CC1CCCCCN1c1ccc(N)c(N)c1. The van der Waals surface area contributed by atoms with Crippen LogP contribution in [0.5, 0.6) is 0 Å². The molecular weight excluding hydrogens is 198 g/mol. The Morgan fingerprint density at radius 3 is 2.69 bits per heavy atom. The molecule has 1 unspecified atom stereocenters. The second kappa shape index (κ2) is 4.64. The molecule has 4 N–H and O–H groups in total. The Morgan fingerprint density at radius 1 is 1.12 bits per heavy atom. The van der Waals surface area contributed by atoms with Crippen LogP contribution in [0.1, 0.15) is 32.6 Å². The van der Waals surface area contributed by atoms with E-state index in [0.717, 1.165) is 6.54 Å². The topological polar surface area (TPSA) is 55.3 Å². The Morgan fingerprint density at radius 2 is 1.94 bits per heavy atom. The Hall–Kier alpha value is -1.38. The van der Waals surface area contributed by atoms with E-state index in [9.17, 15) is 0 Å². The summed E-state index contributed by atoms with van der Waals surface area (Å²) in [6.45, 7) is 3.42. The van der Waals surface area contributed by atoms with E-state index >= 15 is 0 Å². The monoisotopic (exact) mass is 219 g/mol. The van der Waals surface area contributed by atoms with Crippen molar-refractivity contribution in [2.45, 2.75) is 38.6 Å². The van der Waals surface area contributed by atoms with E-state index in [4.69, 9.17) is 11.5 Å². The summed E-state index contributed by atoms with van der Waals surface area (Å²) >= 11 is 0. The van der Waals surface area contributed by atoms with Gasteiger partial charge in [0.15, 0.2) is 0 Å². The molecule has 1 fully saturated rings. The largest absolute Gasteiger partial charge is 0.397 e. The molecule has 1 aliphatic rings. The lowest BCUT2D eigenvalue weighted by Gasteiger charge is -2.29. The lowest BCUT2D eigenvalue weighted by atomic mass is 10.1. The maximum Gasteiger partial charge on any atom is 0.0568 e. The Bertz CT molecular complexity index is 362. The minimum absolute atomic E-state index is 0.602. The van der Waals surface area contributed by atoms with Gasteiger partial charge in [-0.1, -0.05) is 12.8 Å². The van der Waals surface area contributed by atoms with Crippen LogP contribution in [0.25, 0.3) is 0 Å². The molecule has 0 aromatic heterocycles. The minimum Gasteiger partial charge on any atom is -0.397 e. The Balaban J connectivity index is 2.23. The van der Waals surface area contributed by atoms with Crippen LogP contribution >= 0.6 is 0 Å². The predicted octanol–water partition coefficient (Wildman–Crippen LogP) is 2.62. The second-order valence-corrected chi connectivity index (χ2v) is 4.70. The van der Waals surface area contributed by atoms with Gasteiger partial charge >= 0.3 is 0 Å². The van der Waals surface area contributed by atoms with Crippen molar-refractivity contribution >= 4 is 17.1 Å². The first kappa shape index (κ1) is 11.1. The molecule has 0 spiro atoms. The highest BCUT2D eigenvalue weighted by Gasteiger charge is 2.17. The van der Waals surface area contributed by atoms with Crippen LogP contribution in [0, 0.1) is 0 Å². The smallest absolute Gasteiger partial charge is 0.0568 e. The molecule has 0 aliphatic carbocycles. The van der Waals surface area contributed by atoms with Gasteiger partial charge in [0.05, 0.1) is 11.4 Å². The lowest BCUT2D eigenvalue weighted by Crippen LogP contribution is -2.32. The Labute approximate surface area is 97.4 Å². The van der Waals surface area contributed by atoms with Crippen LogP contribution in [-0.2, 0) is 0 Å². The molecule has 1 aromatic carbocycles. The molecule has 1 atom stereocenters. The highest BCUT2D eigenvalue weighted by atomic mass is 15.2. The van der Waals surface area contributed by atoms with Gasteiger partial charge in [0.25, 0.3) is 0 Å². The van der Waals surface area contributed by atoms with Crippen molar-refractivity contribution in [2.24, 2.45) is 0 Å². The van der Waals surface area contributed by atoms with Gasteiger partial charge in [-0.15, -0.1) is 0 Å². The number of nitrogen functional groups attached to an aromatic ring is 2. The van der Waals surface area contributed by atoms with Gasteiger partial charge in [-0.05, 0) is 38.0 Å². The summed E-state index contributed by atoms with van der Waals surface area (Å²) in [7, 11) is 0. The number of nitrogens with two attached hydrogens (primary N) is 2. The minimum atomic E-state index is 0.602. The van der Waals surface area contributed by atoms with Gasteiger partial charge < -0.3 is 16.4 Å². The Kier molecular flexibility index (Phi) is 3.22. The van der Waals surface area contributed by atoms with Crippen molar-refractivity contribution < 1.29 is 0 Å². The highest BCUT2D eigenvalue weighted by molar-refractivity contribution is 5.70. The van der Waals surface area contributed by atoms with Crippen molar-refractivity contribution in [2.75, 3.05) is 22.9 Å². The maximum absolute atomic E-state index is 5.86. The summed E-state index contributed by atoms with van der Waals surface area (Å²) in [4.78, 5) is 2.45. The van der Waals surface area contributed by atoms with Gasteiger partial charge in [0.2, 0.25) is 0 Å². The zero-order valence-electron chi connectivity index (χ0n) is 9.95. The highest BCUT2D eigenvalue weighted by Crippen LogP contribution is 2.27. The summed E-state index contributed by atoms with van der Waals surface area (Å²) in [5.74, 6) is 0. The quantitative estimate of drug-likeness (QED) is 0.714. The number of benzene rings is 1. The molecular formula is C13H21N3. The van der Waals surface area contributed by atoms with E-state index in [1.54, 1.807) is 0 Å². The van der Waals surface area contributed by atoms with Gasteiger partial charge in [0.1, 0.15) is 0 Å². The fourth-order valence-corrected chi connectivity index (χ4v) is 2.40. The van der Waals surface area contributed by atoms with E-state index < -0.39 is 0 Å². The molecule has 3 nitrogen and oxygen atoms in total. The molecule has 1 heterocycles. The summed E-state index contributed by atoms with van der Waals surface area (Å²) in [6, 6.07) is 6.58. The third-order valence-corrected chi connectivity index (χ3v) is 3.45. The number of anilines is 3. The first-order chi connectivity index (χ1) is 7.68. The van der Waals surface area contributed by atoms with Crippen molar-refractivity contribution in [1.29, 1.82) is 0 Å². The molecule has 0 amide bonds. The van der Waals surface area contributed by atoms with Crippen LogP contribution < -0.4 is 16.4 Å². The number of nitrogens with zero attached hydrogens (tertiary/aromatic N) is 1. The molecule has 1 saturated heterocycles. The fraction of sp³-hybridized carbons (Fsp3) is 0.538. The van der Waals surface area contributed by atoms with Gasteiger partial charge in [0, 0.05) is 18.3 Å². The summed E-state index contributed by atoms with van der Waals surface area (Å²) in [5.41, 5.74) is 14.2. The van der Waals surface area contributed by atoms with Crippen molar-refractivity contribution in [3.05, 3.63) is 18.2 Å². The molecule has 88 valence electrons. The fourth-order valence-electron chi connectivity index (χ4n) is 2.40. The lowest BCUT2D eigenvalue weighted by molar-refractivity contribution is 0.616. The van der Waals surface area contributed by atoms with Crippen LogP contribution in [0.4, 0.5) is 17.1 Å². The summed E-state index contributed by atoms with van der Waals surface area (Å²) in [6.07, 6.45) is 5.21. The molecule has 0 saturated carbocycles. The summed E-state index contributed by atoms with van der Waals surface area (Å²) in [5, 5.41) is 0. The molecule has 16 heavy (non-hydrogen) atoms. The number of rotatable bonds is 1. The molecule has 0 bridgehead atoms. The van der Waals surface area contributed by atoms with Gasteiger partial charge in [-0.25, -0.2) is 0 Å². The zero-order chi connectivity index (χ0) is 11.5. The van der Waals surface area contributed by atoms with Crippen LogP contribution in [0.3, 0.4) is 0 Å². The molecule has 1 aliphatic heterocycles. The third kappa shape index (κ3) is 2.23. The normalized spacial score (nSPS) is 21.8. The number of hydrogen-bond donors (Lipinski definition) is 2. The maximum atomic E-state index is 5.86. The van der Waals surface area contributed by atoms with Crippen molar-refractivity contribution in [3.8, 4) is 0 Å². The molecule has 0 radical (unpaired) electrons. The van der Waals surface area contributed by atoms with Crippen LogP contribution in [-0.4, -0.2) is 12.6 Å². The standard InChI is InChI=1S/C13H21N3/c1-10-5-3-2-4-8-16(10)11-6-7-12(14)13(15)9-11/h6-7,9-10H,2-5,8,14-15H2,1H3. The molecule has 3 heteroatoms. The van der Waals surface area contributed by atoms with Crippen LogP contribution in [0.15, 0.2) is 18.2 Å². The number of hydrogen-bond acceptors (Lipinski definition) is 3. The van der Waals surface area contributed by atoms with Crippen molar-refractivity contribution in [3.63, 3.8) is 0 Å². The first-order valence-corrected chi connectivity index (χ1v) is 6.10. The van der Waals surface area contributed by atoms with E-state index in [0.29, 0.717) is 17.4 Å². The summed E-state index contributed by atoms with van der Waals surface area (Å²) < 4.78 is 0. The average Bonchev–Trinajstić information content (AvgIpc) is 2.47. The zero-order valence-corrected chi connectivity index (χ0v) is 9.95. The second-order valence-electron chi connectivity index (χ2n) is 4.70. The predicted molar refractivity (Wildman–Crippen MR) is 70.5 cm³/mol. The van der Waals surface area contributed by atoms with Crippen molar-refractivity contribution in [1.82, 2.24) is 0 Å². The van der Waals surface area contributed by atoms with Gasteiger partial charge in [-0.2, -0.15) is 0 Å². The van der Waals surface area contributed by atoms with Crippen LogP contribution in [0.2, 0.25) is 0 Å². The van der Waals surface area contributed by atoms with E-state index in [1.165, 1.54) is 31.4 Å². The van der Waals surface area contributed by atoms with E-state index in [-0.39, 0.29) is 0 Å². The average molecular weight is 219 g/mol. The van der Waals surface area contributed by atoms with Gasteiger partial charge in [-0.3, -0.25) is 0 Å². The van der Waals surface area contributed by atoms with E-state index in [1.807, 2.05) is 12.1 Å². The van der Waals surface area contributed by atoms with E-state index in [2.05, 4.69) is 17.9 Å². The molecule has 1 aromatic rings.